The van der Waals surface area contributed by atoms with Gasteiger partial charge in [-0.05, 0) is 41.4 Å². The van der Waals surface area contributed by atoms with Crippen molar-refractivity contribution in [1.29, 1.82) is 0 Å². The number of nitrogens with zero attached hydrogens (tertiary/aromatic N) is 2. The molecule has 30 heavy (non-hydrogen) atoms. The molecule has 1 saturated heterocycles. The molecule has 3 aromatic rings. The number of anilines is 1. The number of aryl methyl sites for hydroxylation is 1. The summed E-state index contributed by atoms with van der Waals surface area (Å²) in [6.45, 7) is 5.15. The summed E-state index contributed by atoms with van der Waals surface area (Å²) < 4.78 is 5.45. The van der Waals surface area contributed by atoms with Crippen LogP contribution in [0.15, 0.2) is 47.2 Å². The van der Waals surface area contributed by atoms with Gasteiger partial charge in [-0.15, -0.1) is 0 Å². The summed E-state index contributed by atoms with van der Waals surface area (Å²) in [6.07, 6.45) is 0. The molecule has 2 aromatic heterocycles. The highest BCUT2D eigenvalue weighted by Crippen LogP contribution is 2.24. The largest absolute Gasteiger partial charge is 0.379 e. The fourth-order valence-corrected chi connectivity index (χ4v) is 4.38. The maximum absolute atomic E-state index is 12.6. The Bertz CT molecular complexity index is 1030. The normalized spacial score (nSPS) is 15.6. The van der Waals surface area contributed by atoms with E-state index in [4.69, 9.17) is 4.74 Å². The average Bonchev–Trinajstić information content (AvgIpc) is 3.29. The SMILES string of the molecule is Cc1cc(NC(=O)C(=O)NCC(c2ccsc2)N2CCOCC2)c2ccccc2n1. The summed E-state index contributed by atoms with van der Waals surface area (Å²) >= 11 is 1.62. The molecular formula is C22H24N4O3S. The predicted molar refractivity (Wildman–Crippen MR) is 118 cm³/mol. The van der Waals surface area contributed by atoms with Gasteiger partial charge in [0.1, 0.15) is 0 Å². The van der Waals surface area contributed by atoms with Crippen LogP contribution in [0.5, 0.6) is 0 Å². The minimum absolute atomic E-state index is 0.0147. The maximum atomic E-state index is 12.6. The van der Waals surface area contributed by atoms with Gasteiger partial charge in [0.05, 0.1) is 30.5 Å². The molecule has 1 fully saturated rings. The van der Waals surface area contributed by atoms with Gasteiger partial charge >= 0.3 is 11.8 Å². The second kappa shape index (κ2) is 9.34. The fraction of sp³-hybridized carbons (Fsp3) is 0.318. The number of nitrogens with one attached hydrogen (secondary N) is 2. The minimum atomic E-state index is -0.684. The van der Waals surface area contributed by atoms with Crippen LogP contribution in [0.2, 0.25) is 0 Å². The molecule has 7 nitrogen and oxygen atoms in total. The number of para-hydroxylation sites is 1. The molecule has 156 valence electrons. The summed E-state index contributed by atoms with van der Waals surface area (Å²) in [6, 6.07) is 11.4. The van der Waals surface area contributed by atoms with Gasteiger partial charge < -0.3 is 15.4 Å². The van der Waals surface area contributed by atoms with Gasteiger partial charge in [-0.1, -0.05) is 18.2 Å². The highest BCUT2D eigenvalue weighted by molar-refractivity contribution is 7.08. The first kappa shape index (κ1) is 20.5. The quantitative estimate of drug-likeness (QED) is 0.616. The Labute approximate surface area is 179 Å². The molecule has 0 bridgehead atoms. The van der Waals surface area contributed by atoms with E-state index in [1.807, 2.05) is 36.6 Å². The van der Waals surface area contributed by atoms with Crippen LogP contribution in [0.1, 0.15) is 17.3 Å². The van der Waals surface area contributed by atoms with Gasteiger partial charge in [0.2, 0.25) is 0 Å². The molecule has 1 aliphatic rings. The number of hydrogen-bond acceptors (Lipinski definition) is 6. The first-order valence-electron chi connectivity index (χ1n) is 9.91. The average molecular weight is 425 g/mol. The van der Waals surface area contributed by atoms with Crippen LogP contribution in [0.25, 0.3) is 10.9 Å². The van der Waals surface area contributed by atoms with Crippen molar-refractivity contribution in [2.24, 2.45) is 0 Å². The Balaban J connectivity index is 1.43. The number of amides is 2. The Hall–Kier alpha value is -2.81. The van der Waals surface area contributed by atoms with Crippen LogP contribution < -0.4 is 10.6 Å². The zero-order valence-corrected chi connectivity index (χ0v) is 17.6. The number of ether oxygens (including phenoxy) is 1. The number of thiophene rings is 1. The molecule has 2 N–H and O–H groups in total. The molecule has 0 saturated carbocycles. The van der Waals surface area contributed by atoms with E-state index in [0.29, 0.717) is 25.4 Å². The number of aromatic nitrogens is 1. The first-order valence-corrected chi connectivity index (χ1v) is 10.9. The van der Waals surface area contributed by atoms with Crippen LogP contribution in [-0.4, -0.2) is 54.5 Å². The second-order valence-corrected chi connectivity index (χ2v) is 7.99. The number of benzene rings is 1. The number of hydrogen-bond donors (Lipinski definition) is 2. The zero-order valence-electron chi connectivity index (χ0n) is 16.8. The van der Waals surface area contributed by atoms with E-state index in [9.17, 15) is 9.59 Å². The van der Waals surface area contributed by atoms with Gasteiger partial charge in [-0.25, -0.2) is 0 Å². The first-order chi connectivity index (χ1) is 14.6. The number of carbonyl (C=O) groups is 2. The van der Waals surface area contributed by atoms with Gasteiger partial charge in [-0.2, -0.15) is 11.3 Å². The van der Waals surface area contributed by atoms with E-state index in [0.717, 1.165) is 35.2 Å². The Kier molecular flexibility index (Phi) is 6.37. The van der Waals surface area contributed by atoms with Crippen molar-refractivity contribution in [2.75, 3.05) is 38.2 Å². The third-order valence-electron chi connectivity index (χ3n) is 5.17. The monoisotopic (exact) mass is 424 g/mol. The number of rotatable bonds is 5. The lowest BCUT2D eigenvalue weighted by atomic mass is 10.1. The summed E-state index contributed by atoms with van der Waals surface area (Å²) in [7, 11) is 0. The van der Waals surface area contributed by atoms with Crippen molar-refractivity contribution in [2.45, 2.75) is 13.0 Å². The summed E-state index contributed by atoms with van der Waals surface area (Å²) in [5, 5.41) is 10.5. The molecule has 1 aliphatic heterocycles. The molecule has 1 aromatic carbocycles. The van der Waals surface area contributed by atoms with Crippen LogP contribution in [0.4, 0.5) is 5.69 Å². The standard InChI is InChI=1S/C22H24N4O3S/c1-15-12-19(17-4-2-3-5-18(17)24-15)25-22(28)21(27)23-13-20(16-6-11-30-14-16)26-7-9-29-10-8-26/h2-6,11-12,14,20H,7-10,13H2,1H3,(H,23,27)(H,24,25,28). The van der Waals surface area contributed by atoms with Crippen molar-refractivity contribution >= 4 is 39.7 Å². The number of fused-ring (bicyclic) bond motifs is 1. The molecule has 0 radical (unpaired) electrons. The second-order valence-electron chi connectivity index (χ2n) is 7.21. The smallest absolute Gasteiger partial charge is 0.313 e. The zero-order chi connectivity index (χ0) is 20.9. The van der Waals surface area contributed by atoms with E-state index in [2.05, 4.69) is 32.0 Å². The molecule has 1 unspecified atom stereocenters. The highest BCUT2D eigenvalue weighted by atomic mass is 32.1. The molecule has 0 spiro atoms. The van der Waals surface area contributed by atoms with E-state index in [1.165, 1.54) is 0 Å². The summed E-state index contributed by atoms with van der Waals surface area (Å²) in [5.74, 6) is -1.33. The fourth-order valence-electron chi connectivity index (χ4n) is 3.67. The molecule has 4 rings (SSSR count). The van der Waals surface area contributed by atoms with E-state index < -0.39 is 11.8 Å². The lowest BCUT2D eigenvalue weighted by Crippen LogP contribution is -2.45. The number of pyridine rings is 1. The number of carbonyl (C=O) groups excluding carboxylic acids is 2. The lowest BCUT2D eigenvalue weighted by Gasteiger charge is -2.34. The lowest BCUT2D eigenvalue weighted by molar-refractivity contribution is -0.136. The molecule has 8 heteroatoms. The van der Waals surface area contributed by atoms with Gasteiger partial charge in [0, 0.05) is 30.7 Å². The van der Waals surface area contributed by atoms with Crippen molar-refractivity contribution in [1.82, 2.24) is 15.2 Å². The number of morpholine rings is 1. The topological polar surface area (TPSA) is 83.6 Å². The molecule has 0 aliphatic carbocycles. The molecular weight excluding hydrogens is 400 g/mol. The Morgan fingerprint density at radius 3 is 2.77 bits per heavy atom. The van der Waals surface area contributed by atoms with E-state index >= 15 is 0 Å². The predicted octanol–water partition coefficient (Wildman–Crippen LogP) is 2.73. The summed E-state index contributed by atoms with van der Waals surface area (Å²) in [5.41, 5.74) is 3.27. The van der Waals surface area contributed by atoms with Gasteiger partial charge in [0.15, 0.2) is 0 Å². The van der Waals surface area contributed by atoms with Gasteiger partial charge in [-0.3, -0.25) is 19.5 Å². The van der Waals surface area contributed by atoms with Crippen molar-refractivity contribution in [3.8, 4) is 0 Å². The third-order valence-corrected chi connectivity index (χ3v) is 5.87. The van der Waals surface area contributed by atoms with E-state index in [-0.39, 0.29) is 6.04 Å². The van der Waals surface area contributed by atoms with Crippen LogP contribution >= 0.6 is 11.3 Å². The Morgan fingerprint density at radius 1 is 1.20 bits per heavy atom. The molecule has 2 amide bonds. The van der Waals surface area contributed by atoms with Gasteiger partial charge in [0.25, 0.3) is 0 Å². The third kappa shape index (κ3) is 4.67. The minimum Gasteiger partial charge on any atom is -0.379 e. The molecule has 3 heterocycles. The Morgan fingerprint density at radius 2 is 2.00 bits per heavy atom. The summed E-state index contributed by atoms with van der Waals surface area (Å²) in [4.78, 5) is 31.9. The van der Waals surface area contributed by atoms with E-state index in [1.54, 1.807) is 17.4 Å². The van der Waals surface area contributed by atoms with Crippen LogP contribution in [0, 0.1) is 6.92 Å². The van der Waals surface area contributed by atoms with Crippen molar-refractivity contribution in [3.63, 3.8) is 0 Å². The van der Waals surface area contributed by atoms with Crippen molar-refractivity contribution in [3.05, 3.63) is 58.4 Å². The van der Waals surface area contributed by atoms with Crippen LogP contribution in [-0.2, 0) is 14.3 Å². The van der Waals surface area contributed by atoms with Crippen LogP contribution in [0.3, 0.4) is 0 Å². The van der Waals surface area contributed by atoms with Crippen molar-refractivity contribution < 1.29 is 14.3 Å². The molecule has 1 atom stereocenters. The maximum Gasteiger partial charge on any atom is 0.313 e. The highest BCUT2D eigenvalue weighted by Gasteiger charge is 2.25.